The lowest BCUT2D eigenvalue weighted by Gasteiger charge is -2.14. The summed E-state index contributed by atoms with van der Waals surface area (Å²) in [5, 5.41) is 2.83. The molecule has 1 atom stereocenters. The maximum atomic E-state index is 13.7. The largest absolute Gasteiger partial charge is 0.449 e. The van der Waals surface area contributed by atoms with Crippen LogP contribution in [0.15, 0.2) is 42.5 Å². The monoisotopic (exact) mass is 363 g/mol. The second-order valence-electron chi connectivity index (χ2n) is 5.94. The van der Waals surface area contributed by atoms with E-state index < -0.39 is 23.8 Å². The first kappa shape index (κ1) is 18.9. The van der Waals surface area contributed by atoms with Crippen LogP contribution in [0, 0.1) is 5.82 Å². The first-order valence-corrected chi connectivity index (χ1v) is 8.22. The van der Waals surface area contributed by atoms with Gasteiger partial charge in [0.25, 0.3) is 5.91 Å². The average Bonchev–Trinajstić information content (AvgIpc) is 2.55. The number of hydrogen-bond donors (Lipinski definition) is 1. The number of esters is 1. The number of ether oxygens (including phenoxy) is 1. The fourth-order valence-corrected chi connectivity index (χ4v) is 2.29. The molecule has 0 saturated heterocycles. The first-order chi connectivity index (χ1) is 11.8. The van der Waals surface area contributed by atoms with Crippen molar-refractivity contribution >= 4 is 29.2 Å². The van der Waals surface area contributed by atoms with Crippen LogP contribution in [0.5, 0.6) is 0 Å². The topological polar surface area (TPSA) is 55.4 Å². The number of anilines is 1. The van der Waals surface area contributed by atoms with Gasteiger partial charge in [0.2, 0.25) is 0 Å². The Morgan fingerprint density at radius 2 is 1.72 bits per heavy atom. The number of halogens is 2. The van der Waals surface area contributed by atoms with Crippen LogP contribution in [0.2, 0.25) is 5.02 Å². The standard InChI is InChI=1S/C19H19ClFNO3/c1-11(2)13-4-7-15(8-5-13)22-18(23)12(3)25-19(24)16-9-6-14(20)10-17(16)21/h4-12H,1-3H3,(H,22,23)/t12-/m0/s1. The van der Waals surface area contributed by atoms with E-state index in [-0.39, 0.29) is 10.6 Å². The van der Waals surface area contributed by atoms with Crippen molar-refractivity contribution < 1.29 is 18.7 Å². The van der Waals surface area contributed by atoms with Gasteiger partial charge in [-0.05, 0) is 48.7 Å². The highest BCUT2D eigenvalue weighted by Gasteiger charge is 2.21. The molecule has 0 aliphatic carbocycles. The van der Waals surface area contributed by atoms with Crippen molar-refractivity contribution in [2.75, 3.05) is 5.32 Å². The van der Waals surface area contributed by atoms with Crippen LogP contribution in [0.3, 0.4) is 0 Å². The quantitative estimate of drug-likeness (QED) is 0.777. The second kappa shape index (κ2) is 8.12. The highest BCUT2D eigenvalue weighted by Crippen LogP contribution is 2.18. The molecule has 2 aromatic carbocycles. The fraction of sp³-hybridized carbons (Fsp3) is 0.263. The highest BCUT2D eigenvalue weighted by atomic mass is 35.5. The predicted molar refractivity (Wildman–Crippen MR) is 95.4 cm³/mol. The third-order valence-corrected chi connectivity index (χ3v) is 3.88. The van der Waals surface area contributed by atoms with Crippen molar-refractivity contribution in [3.05, 3.63) is 64.4 Å². The molecule has 2 rings (SSSR count). The Hall–Kier alpha value is -2.40. The molecule has 1 N–H and O–H groups in total. The Kier molecular flexibility index (Phi) is 6.15. The number of carbonyl (C=O) groups is 2. The van der Waals surface area contributed by atoms with Gasteiger partial charge in [-0.15, -0.1) is 0 Å². The smallest absolute Gasteiger partial charge is 0.341 e. The van der Waals surface area contributed by atoms with E-state index in [1.807, 2.05) is 12.1 Å². The van der Waals surface area contributed by atoms with Gasteiger partial charge in [0.05, 0.1) is 5.56 Å². The first-order valence-electron chi connectivity index (χ1n) is 7.84. The molecule has 0 saturated carbocycles. The van der Waals surface area contributed by atoms with Crippen LogP contribution in [-0.2, 0) is 9.53 Å². The minimum atomic E-state index is -1.08. The van der Waals surface area contributed by atoms with E-state index in [2.05, 4.69) is 19.2 Å². The van der Waals surface area contributed by atoms with E-state index in [0.29, 0.717) is 11.6 Å². The Morgan fingerprint density at radius 3 is 2.28 bits per heavy atom. The zero-order valence-corrected chi connectivity index (χ0v) is 14.9. The van der Waals surface area contributed by atoms with Gasteiger partial charge in [0.1, 0.15) is 5.82 Å². The van der Waals surface area contributed by atoms with Crippen molar-refractivity contribution in [3.8, 4) is 0 Å². The molecule has 0 aliphatic rings. The van der Waals surface area contributed by atoms with Gasteiger partial charge >= 0.3 is 5.97 Å². The van der Waals surface area contributed by atoms with Gasteiger partial charge in [-0.3, -0.25) is 4.79 Å². The van der Waals surface area contributed by atoms with Gasteiger partial charge < -0.3 is 10.1 Å². The number of hydrogen-bond acceptors (Lipinski definition) is 3. The number of amides is 1. The summed E-state index contributed by atoms with van der Waals surface area (Å²) in [6.45, 7) is 5.57. The van der Waals surface area contributed by atoms with Crippen LogP contribution in [0.1, 0.15) is 42.6 Å². The third kappa shape index (κ3) is 5.03. The molecule has 0 heterocycles. The van der Waals surface area contributed by atoms with Crippen LogP contribution >= 0.6 is 11.6 Å². The van der Waals surface area contributed by atoms with Crippen LogP contribution in [0.4, 0.5) is 10.1 Å². The number of benzene rings is 2. The summed E-state index contributed by atoms with van der Waals surface area (Å²) in [7, 11) is 0. The van der Waals surface area contributed by atoms with Crippen molar-refractivity contribution in [2.24, 2.45) is 0 Å². The zero-order valence-electron chi connectivity index (χ0n) is 14.2. The number of nitrogens with one attached hydrogen (secondary N) is 1. The highest BCUT2D eigenvalue weighted by molar-refractivity contribution is 6.30. The number of carbonyl (C=O) groups excluding carboxylic acids is 2. The van der Waals surface area contributed by atoms with Crippen LogP contribution in [0.25, 0.3) is 0 Å². The minimum Gasteiger partial charge on any atom is -0.449 e. The van der Waals surface area contributed by atoms with Crippen molar-refractivity contribution in [1.82, 2.24) is 0 Å². The van der Waals surface area contributed by atoms with E-state index in [9.17, 15) is 14.0 Å². The van der Waals surface area contributed by atoms with Crippen molar-refractivity contribution in [2.45, 2.75) is 32.8 Å². The van der Waals surface area contributed by atoms with E-state index in [1.54, 1.807) is 12.1 Å². The van der Waals surface area contributed by atoms with Gasteiger partial charge in [-0.1, -0.05) is 37.6 Å². The summed E-state index contributed by atoms with van der Waals surface area (Å²) in [5.74, 6) is -1.83. The minimum absolute atomic E-state index is 0.171. The lowest BCUT2D eigenvalue weighted by Crippen LogP contribution is -2.30. The average molecular weight is 364 g/mol. The zero-order chi connectivity index (χ0) is 18.6. The normalized spacial score (nSPS) is 11.9. The van der Waals surface area contributed by atoms with Crippen molar-refractivity contribution in [3.63, 3.8) is 0 Å². The van der Waals surface area contributed by atoms with Crippen molar-refractivity contribution in [1.29, 1.82) is 0 Å². The number of rotatable bonds is 5. The van der Waals surface area contributed by atoms with Gasteiger partial charge in [0, 0.05) is 10.7 Å². The second-order valence-corrected chi connectivity index (χ2v) is 6.37. The van der Waals surface area contributed by atoms with Gasteiger partial charge in [0.15, 0.2) is 6.10 Å². The molecule has 1 amide bonds. The SMILES string of the molecule is CC(C)c1ccc(NC(=O)[C@H](C)OC(=O)c2ccc(Cl)cc2F)cc1. The summed E-state index contributed by atoms with van der Waals surface area (Å²) in [6.07, 6.45) is -1.08. The van der Waals surface area contributed by atoms with E-state index in [4.69, 9.17) is 16.3 Å². The third-order valence-electron chi connectivity index (χ3n) is 3.65. The lowest BCUT2D eigenvalue weighted by molar-refractivity contribution is -0.123. The van der Waals surface area contributed by atoms with E-state index in [0.717, 1.165) is 11.6 Å². The molecule has 0 aliphatic heterocycles. The molecule has 25 heavy (non-hydrogen) atoms. The Balaban J connectivity index is 1.98. The summed E-state index contributed by atoms with van der Waals surface area (Å²) in [6, 6.07) is 11.0. The van der Waals surface area contributed by atoms with Gasteiger partial charge in [-0.25, -0.2) is 9.18 Å². The molecule has 0 aromatic heterocycles. The molecular formula is C19H19ClFNO3. The molecule has 0 radical (unpaired) electrons. The molecule has 6 heteroatoms. The summed E-state index contributed by atoms with van der Waals surface area (Å²) >= 11 is 5.64. The molecule has 0 unspecified atom stereocenters. The van der Waals surface area contributed by atoms with E-state index >= 15 is 0 Å². The van der Waals surface area contributed by atoms with Gasteiger partial charge in [-0.2, -0.15) is 0 Å². The Labute approximate surface area is 150 Å². The van der Waals surface area contributed by atoms with Crippen LogP contribution < -0.4 is 5.32 Å². The summed E-state index contributed by atoms with van der Waals surface area (Å²) < 4.78 is 18.7. The molecule has 132 valence electrons. The summed E-state index contributed by atoms with van der Waals surface area (Å²) in [5.41, 5.74) is 1.47. The predicted octanol–water partition coefficient (Wildman–Crippen LogP) is 4.79. The molecule has 0 bridgehead atoms. The molecule has 4 nitrogen and oxygen atoms in total. The van der Waals surface area contributed by atoms with Crippen LogP contribution in [-0.4, -0.2) is 18.0 Å². The fourth-order valence-electron chi connectivity index (χ4n) is 2.13. The molecule has 2 aromatic rings. The van der Waals surface area contributed by atoms with E-state index in [1.165, 1.54) is 19.1 Å². The molecular weight excluding hydrogens is 345 g/mol. The Bertz CT molecular complexity index is 775. The maximum absolute atomic E-state index is 13.7. The molecule has 0 fully saturated rings. The Morgan fingerprint density at radius 1 is 1.08 bits per heavy atom. The lowest BCUT2D eigenvalue weighted by atomic mass is 10.0. The molecule has 0 spiro atoms. The maximum Gasteiger partial charge on any atom is 0.341 e. The summed E-state index contributed by atoms with van der Waals surface area (Å²) in [4.78, 5) is 24.1.